The van der Waals surface area contributed by atoms with E-state index in [0.29, 0.717) is 5.56 Å². The summed E-state index contributed by atoms with van der Waals surface area (Å²) in [5.74, 6) is 0. The Morgan fingerprint density at radius 2 is 2.33 bits per heavy atom. The molecule has 1 aromatic heterocycles. The van der Waals surface area contributed by atoms with Crippen molar-refractivity contribution in [1.82, 2.24) is 4.72 Å². The van der Waals surface area contributed by atoms with Crippen LogP contribution in [0.5, 0.6) is 0 Å². The number of thiophene rings is 1. The first-order chi connectivity index (χ1) is 8.56. The maximum Gasteiger partial charge on any atom is 0.250 e. The molecule has 0 amide bonds. The summed E-state index contributed by atoms with van der Waals surface area (Å²) in [6.07, 6.45) is 2.61. The van der Waals surface area contributed by atoms with Gasteiger partial charge in [0, 0.05) is 13.2 Å². The molecule has 1 aliphatic carbocycles. The Hall–Kier alpha value is -0.470. The Labute approximate surface area is 111 Å². The topological polar surface area (TPSA) is 75.6 Å². The van der Waals surface area contributed by atoms with Crippen molar-refractivity contribution in [3.63, 3.8) is 0 Å². The fourth-order valence-corrected chi connectivity index (χ4v) is 4.69. The number of hydrogen-bond donors (Lipinski definition) is 2. The highest BCUT2D eigenvalue weighted by molar-refractivity contribution is 7.91. The Morgan fingerprint density at radius 1 is 1.56 bits per heavy atom. The summed E-state index contributed by atoms with van der Waals surface area (Å²) < 4.78 is 32.5. The molecule has 102 valence electrons. The molecule has 1 saturated carbocycles. The standard InChI is InChI=1S/C11H17NO4S2/c1-16-10-4-2-3-9(10)12-18(14,15)11-5-8(6-13)7-17-11/h5,7,9-10,12-13H,2-4,6H2,1H3. The van der Waals surface area contributed by atoms with Crippen LogP contribution in [-0.4, -0.2) is 32.8 Å². The van der Waals surface area contributed by atoms with Crippen LogP contribution in [0.4, 0.5) is 0 Å². The molecule has 2 unspecified atom stereocenters. The van der Waals surface area contributed by atoms with E-state index in [9.17, 15) is 8.42 Å². The molecular formula is C11H17NO4S2. The predicted octanol–water partition coefficient (Wildman–Crippen LogP) is 1.09. The number of methoxy groups -OCH3 is 1. The molecule has 2 atom stereocenters. The molecule has 0 spiro atoms. The lowest BCUT2D eigenvalue weighted by Crippen LogP contribution is -2.40. The zero-order valence-electron chi connectivity index (χ0n) is 10.1. The third-order valence-corrected chi connectivity index (χ3v) is 6.12. The van der Waals surface area contributed by atoms with Gasteiger partial charge in [-0.2, -0.15) is 0 Å². The summed E-state index contributed by atoms with van der Waals surface area (Å²) in [4.78, 5) is 0. The minimum atomic E-state index is -3.50. The summed E-state index contributed by atoms with van der Waals surface area (Å²) in [5, 5.41) is 10.6. The largest absolute Gasteiger partial charge is 0.392 e. The van der Waals surface area contributed by atoms with E-state index in [4.69, 9.17) is 9.84 Å². The molecule has 0 aromatic carbocycles. The number of nitrogens with one attached hydrogen (secondary N) is 1. The number of aliphatic hydroxyl groups excluding tert-OH is 1. The van der Waals surface area contributed by atoms with Crippen molar-refractivity contribution in [3.05, 3.63) is 17.0 Å². The maximum absolute atomic E-state index is 12.1. The highest BCUT2D eigenvalue weighted by Gasteiger charge is 2.31. The van der Waals surface area contributed by atoms with Crippen LogP contribution < -0.4 is 4.72 Å². The molecule has 0 saturated heterocycles. The lowest BCUT2D eigenvalue weighted by atomic mass is 10.2. The minimum absolute atomic E-state index is 0.0444. The van der Waals surface area contributed by atoms with Crippen LogP contribution in [0.15, 0.2) is 15.7 Å². The highest BCUT2D eigenvalue weighted by atomic mass is 32.2. The van der Waals surface area contributed by atoms with Gasteiger partial charge in [0.15, 0.2) is 0 Å². The first kappa shape index (κ1) is 14.0. The van der Waals surface area contributed by atoms with Crippen LogP contribution in [0, 0.1) is 0 Å². The van der Waals surface area contributed by atoms with Crippen molar-refractivity contribution in [2.45, 2.75) is 42.2 Å². The second kappa shape index (κ2) is 5.66. The molecule has 0 aliphatic heterocycles. The normalized spacial score (nSPS) is 24.6. The number of ether oxygens (including phenoxy) is 1. The van der Waals surface area contributed by atoms with Crippen molar-refractivity contribution >= 4 is 21.4 Å². The van der Waals surface area contributed by atoms with Gasteiger partial charge in [-0.1, -0.05) is 0 Å². The summed E-state index contributed by atoms with van der Waals surface area (Å²) in [7, 11) is -1.90. The van der Waals surface area contributed by atoms with Crippen molar-refractivity contribution in [1.29, 1.82) is 0 Å². The zero-order chi connectivity index (χ0) is 13.2. The molecule has 1 aromatic rings. The smallest absolute Gasteiger partial charge is 0.250 e. The van der Waals surface area contributed by atoms with Crippen LogP contribution >= 0.6 is 11.3 Å². The van der Waals surface area contributed by atoms with E-state index in [-0.39, 0.29) is 23.0 Å². The van der Waals surface area contributed by atoms with E-state index in [1.165, 1.54) is 6.07 Å². The van der Waals surface area contributed by atoms with Gasteiger partial charge in [-0.15, -0.1) is 11.3 Å². The SMILES string of the molecule is COC1CCCC1NS(=O)(=O)c1cc(CO)cs1. The first-order valence-electron chi connectivity index (χ1n) is 5.80. The fraction of sp³-hybridized carbons (Fsp3) is 0.636. The monoisotopic (exact) mass is 291 g/mol. The average Bonchev–Trinajstić information content (AvgIpc) is 2.96. The second-order valence-electron chi connectivity index (χ2n) is 4.36. The van der Waals surface area contributed by atoms with Gasteiger partial charge in [-0.25, -0.2) is 13.1 Å². The summed E-state index contributed by atoms with van der Waals surface area (Å²) in [6, 6.07) is 1.35. The van der Waals surface area contributed by atoms with Crippen LogP contribution in [0.2, 0.25) is 0 Å². The van der Waals surface area contributed by atoms with Gasteiger partial charge in [-0.3, -0.25) is 0 Å². The van der Waals surface area contributed by atoms with Crippen molar-refractivity contribution < 1.29 is 18.3 Å². The van der Waals surface area contributed by atoms with Crippen molar-refractivity contribution in [3.8, 4) is 0 Å². The summed E-state index contributed by atoms with van der Waals surface area (Å²) in [5.41, 5.74) is 0.620. The van der Waals surface area contributed by atoms with Gasteiger partial charge in [0.2, 0.25) is 10.0 Å². The molecule has 7 heteroatoms. The molecule has 0 bridgehead atoms. The molecule has 2 rings (SSSR count). The van der Waals surface area contributed by atoms with E-state index < -0.39 is 10.0 Å². The molecule has 1 heterocycles. The van der Waals surface area contributed by atoms with E-state index in [0.717, 1.165) is 30.6 Å². The molecule has 1 aliphatic rings. The number of rotatable bonds is 5. The minimum Gasteiger partial charge on any atom is -0.392 e. The molecule has 18 heavy (non-hydrogen) atoms. The average molecular weight is 291 g/mol. The molecule has 2 N–H and O–H groups in total. The van der Waals surface area contributed by atoms with E-state index in [2.05, 4.69) is 4.72 Å². The predicted molar refractivity (Wildman–Crippen MR) is 69.0 cm³/mol. The number of aliphatic hydroxyl groups is 1. The van der Waals surface area contributed by atoms with Gasteiger partial charge >= 0.3 is 0 Å². The Morgan fingerprint density at radius 3 is 2.94 bits per heavy atom. The quantitative estimate of drug-likeness (QED) is 0.851. The van der Waals surface area contributed by atoms with Gasteiger partial charge in [0.25, 0.3) is 0 Å². The molecule has 0 radical (unpaired) electrons. The van der Waals surface area contributed by atoms with Crippen molar-refractivity contribution in [2.24, 2.45) is 0 Å². The van der Waals surface area contributed by atoms with Gasteiger partial charge in [-0.05, 0) is 36.3 Å². The Bertz CT molecular complexity index is 497. The second-order valence-corrected chi connectivity index (χ2v) is 7.22. The summed E-state index contributed by atoms with van der Waals surface area (Å²) in [6.45, 7) is -0.143. The van der Waals surface area contributed by atoms with E-state index in [1.54, 1.807) is 12.5 Å². The summed E-state index contributed by atoms with van der Waals surface area (Å²) >= 11 is 1.12. The lowest BCUT2D eigenvalue weighted by molar-refractivity contribution is 0.0916. The first-order valence-corrected chi connectivity index (χ1v) is 8.16. The van der Waals surface area contributed by atoms with Gasteiger partial charge in [0.05, 0.1) is 12.7 Å². The van der Waals surface area contributed by atoms with E-state index in [1.807, 2.05) is 0 Å². The third-order valence-electron chi connectivity index (χ3n) is 3.14. The Kier molecular flexibility index (Phi) is 4.39. The fourth-order valence-electron chi connectivity index (χ4n) is 2.18. The van der Waals surface area contributed by atoms with Gasteiger partial charge in [0.1, 0.15) is 4.21 Å². The Balaban J connectivity index is 2.11. The molecular weight excluding hydrogens is 274 g/mol. The number of sulfonamides is 1. The van der Waals surface area contributed by atoms with E-state index >= 15 is 0 Å². The van der Waals surface area contributed by atoms with Crippen LogP contribution in [0.1, 0.15) is 24.8 Å². The van der Waals surface area contributed by atoms with Crippen LogP contribution in [0.3, 0.4) is 0 Å². The highest BCUT2D eigenvalue weighted by Crippen LogP contribution is 2.25. The number of hydrogen-bond acceptors (Lipinski definition) is 5. The molecule has 1 fully saturated rings. The maximum atomic E-state index is 12.1. The van der Waals surface area contributed by atoms with Gasteiger partial charge < -0.3 is 9.84 Å². The van der Waals surface area contributed by atoms with Crippen LogP contribution in [-0.2, 0) is 21.4 Å². The van der Waals surface area contributed by atoms with Crippen molar-refractivity contribution in [2.75, 3.05) is 7.11 Å². The molecule has 5 nitrogen and oxygen atoms in total. The van der Waals surface area contributed by atoms with Crippen LogP contribution in [0.25, 0.3) is 0 Å². The zero-order valence-corrected chi connectivity index (χ0v) is 11.8. The lowest BCUT2D eigenvalue weighted by Gasteiger charge is -2.18. The third kappa shape index (κ3) is 2.92.